The van der Waals surface area contributed by atoms with Gasteiger partial charge in [0.2, 0.25) is 0 Å². The molecule has 1 fully saturated rings. The van der Waals surface area contributed by atoms with Crippen LogP contribution in [0.1, 0.15) is 5.56 Å². The molecule has 1 aromatic carbocycles. The van der Waals surface area contributed by atoms with Gasteiger partial charge < -0.3 is 10.1 Å². The summed E-state index contributed by atoms with van der Waals surface area (Å²) in [5, 5.41) is 2.25. The number of nitrogens with zero attached hydrogens (tertiary/aromatic N) is 2. The zero-order valence-electron chi connectivity index (χ0n) is 12.4. The number of ether oxygens (including phenoxy) is 1. The number of aliphatic imine (C=N–C) groups is 1. The number of amidine groups is 1. The van der Waals surface area contributed by atoms with Gasteiger partial charge in [0.15, 0.2) is 0 Å². The van der Waals surface area contributed by atoms with Crippen molar-refractivity contribution in [2.75, 3.05) is 0 Å². The first kappa shape index (κ1) is 17.0. The van der Waals surface area contributed by atoms with Crippen LogP contribution < -0.4 is 10.1 Å². The molecule has 2 heterocycles. The number of halogens is 3. The van der Waals surface area contributed by atoms with Gasteiger partial charge in [-0.05, 0) is 47.7 Å². The Hall–Kier alpha value is -2.81. The molecule has 3 rings (SSSR count). The van der Waals surface area contributed by atoms with Gasteiger partial charge in [0.1, 0.15) is 11.6 Å². The van der Waals surface area contributed by atoms with E-state index in [2.05, 4.69) is 20.0 Å². The van der Waals surface area contributed by atoms with Crippen molar-refractivity contribution < 1.29 is 22.7 Å². The lowest BCUT2D eigenvalue weighted by Gasteiger charge is -2.09. The molecule has 0 saturated carbocycles. The molecule has 25 heavy (non-hydrogen) atoms. The Morgan fingerprint density at radius 2 is 1.96 bits per heavy atom. The van der Waals surface area contributed by atoms with Crippen LogP contribution in [0.25, 0.3) is 6.08 Å². The maximum atomic E-state index is 12.3. The summed E-state index contributed by atoms with van der Waals surface area (Å²) in [4.78, 5) is 20.3. The molecule has 128 valence electrons. The number of alkyl halides is 3. The van der Waals surface area contributed by atoms with E-state index < -0.39 is 6.36 Å². The summed E-state index contributed by atoms with van der Waals surface area (Å²) >= 11 is 0.951. The first-order chi connectivity index (χ1) is 11.9. The highest BCUT2D eigenvalue weighted by molar-refractivity contribution is 8.18. The van der Waals surface area contributed by atoms with E-state index in [1.165, 1.54) is 18.2 Å². The summed E-state index contributed by atoms with van der Waals surface area (Å²) in [6.07, 6.45) is 0.167. The highest BCUT2D eigenvalue weighted by Crippen LogP contribution is 2.30. The van der Waals surface area contributed by atoms with Gasteiger partial charge in [0.25, 0.3) is 5.24 Å². The van der Waals surface area contributed by atoms with Crippen molar-refractivity contribution in [2.24, 2.45) is 4.99 Å². The maximum Gasteiger partial charge on any atom is 0.573 e. The van der Waals surface area contributed by atoms with Crippen LogP contribution in [0, 0.1) is 0 Å². The van der Waals surface area contributed by atoms with Crippen LogP contribution in [-0.4, -0.2) is 22.4 Å². The largest absolute Gasteiger partial charge is 0.573 e. The van der Waals surface area contributed by atoms with E-state index in [4.69, 9.17) is 0 Å². The highest BCUT2D eigenvalue weighted by atomic mass is 32.2. The Balaban J connectivity index is 1.90. The van der Waals surface area contributed by atoms with Gasteiger partial charge in [-0.15, -0.1) is 13.2 Å². The van der Waals surface area contributed by atoms with Crippen molar-refractivity contribution in [1.29, 1.82) is 0 Å². The summed E-state index contributed by atoms with van der Waals surface area (Å²) in [7, 11) is 0. The highest BCUT2D eigenvalue weighted by Gasteiger charge is 2.31. The van der Waals surface area contributed by atoms with E-state index >= 15 is 0 Å². The second-order valence-electron chi connectivity index (χ2n) is 4.81. The molecule has 0 aliphatic carbocycles. The van der Waals surface area contributed by atoms with Gasteiger partial charge in [-0.25, -0.2) is 4.99 Å². The Kier molecular flexibility index (Phi) is 4.75. The van der Waals surface area contributed by atoms with Gasteiger partial charge in [-0.1, -0.05) is 6.07 Å². The first-order valence-corrected chi connectivity index (χ1v) is 7.76. The molecule has 1 N–H and O–H groups in total. The number of aromatic nitrogens is 1. The van der Waals surface area contributed by atoms with E-state index in [-0.39, 0.29) is 22.5 Å². The van der Waals surface area contributed by atoms with Crippen molar-refractivity contribution >= 4 is 34.6 Å². The molecule has 1 aliphatic heterocycles. The average molecular weight is 365 g/mol. The molecule has 0 spiro atoms. The molecule has 0 atom stereocenters. The van der Waals surface area contributed by atoms with Crippen molar-refractivity contribution in [3.63, 3.8) is 0 Å². The zero-order chi connectivity index (χ0) is 17.9. The number of amides is 1. The summed E-state index contributed by atoms with van der Waals surface area (Å²) in [6, 6.07) is 8.72. The third-order valence-electron chi connectivity index (χ3n) is 2.95. The maximum absolute atomic E-state index is 12.3. The van der Waals surface area contributed by atoms with Gasteiger partial charge >= 0.3 is 6.36 Å². The SMILES string of the molecule is O=C1NC(=Nc2cccc(OC(F)(F)F)c2)/C(=C\c2ccncc2)S1. The minimum Gasteiger partial charge on any atom is -0.406 e. The van der Waals surface area contributed by atoms with Gasteiger partial charge in [-0.3, -0.25) is 9.78 Å². The number of rotatable bonds is 3. The summed E-state index contributed by atoms with van der Waals surface area (Å²) in [6.45, 7) is 0. The third kappa shape index (κ3) is 4.83. The molecular weight excluding hydrogens is 355 g/mol. The van der Waals surface area contributed by atoms with Crippen LogP contribution in [-0.2, 0) is 0 Å². The lowest BCUT2D eigenvalue weighted by Crippen LogP contribution is -2.18. The van der Waals surface area contributed by atoms with Crippen LogP contribution in [0.3, 0.4) is 0 Å². The molecule has 1 aromatic heterocycles. The minimum absolute atomic E-state index is 0.222. The molecular formula is C16H10F3N3O2S. The second kappa shape index (κ2) is 6.98. The summed E-state index contributed by atoms with van der Waals surface area (Å²) in [5.74, 6) is -0.123. The Morgan fingerprint density at radius 3 is 2.68 bits per heavy atom. The number of benzene rings is 1. The van der Waals surface area contributed by atoms with E-state index in [1.807, 2.05) is 0 Å². The standard InChI is InChI=1S/C16H10F3N3O2S/c17-16(18,19)24-12-3-1-2-11(9-12)21-14-13(25-15(23)22-14)8-10-4-6-20-7-5-10/h1-9H,(H,21,22,23)/b13-8+. The normalized spacial score (nSPS) is 17.8. The van der Waals surface area contributed by atoms with Gasteiger partial charge in [0.05, 0.1) is 10.6 Å². The molecule has 1 saturated heterocycles. The molecule has 5 nitrogen and oxygen atoms in total. The quantitative estimate of drug-likeness (QED) is 0.869. The predicted molar refractivity (Wildman–Crippen MR) is 88.6 cm³/mol. The van der Waals surface area contributed by atoms with E-state index in [0.29, 0.717) is 4.91 Å². The van der Waals surface area contributed by atoms with Gasteiger partial charge in [0, 0.05) is 18.5 Å². The number of pyridine rings is 1. The lowest BCUT2D eigenvalue weighted by atomic mass is 10.2. The average Bonchev–Trinajstić information content (AvgIpc) is 2.86. The van der Waals surface area contributed by atoms with Crippen molar-refractivity contribution in [3.05, 3.63) is 59.3 Å². The van der Waals surface area contributed by atoms with Crippen LogP contribution in [0.15, 0.2) is 58.7 Å². The number of carbonyl (C=O) groups excluding carboxylic acids is 1. The first-order valence-electron chi connectivity index (χ1n) is 6.94. The van der Waals surface area contributed by atoms with E-state index in [0.717, 1.165) is 23.4 Å². The molecule has 2 aromatic rings. The Morgan fingerprint density at radius 1 is 1.20 bits per heavy atom. The topological polar surface area (TPSA) is 63.6 Å². The van der Waals surface area contributed by atoms with Crippen LogP contribution in [0.5, 0.6) is 5.75 Å². The van der Waals surface area contributed by atoms with Crippen LogP contribution in [0.4, 0.5) is 23.7 Å². The Labute approximate surface area is 144 Å². The number of carbonyl (C=O) groups is 1. The third-order valence-corrected chi connectivity index (χ3v) is 3.77. The second-order valence-corrected chi connectivity index (χ2v) is 5.82. The lowest BCUT2D eigenvalue weighted by molar-refractivity contribution is -0.274. The van der Waals surface area contributed by atoms with Crippen molar-refractivity contribution in [3.8, 4) is 5.75 Å². The Bertz CT molecular complexity index is 851. The van der Waals surface area contributed by atoms with Crippen molar-refractivity contribution in [2.45, 2.75) is 6.36 Å². The fourth-order valence-corrected chi connectivity index (χ4v) is 2.74. The zero-order valence-corrected chi connectivity index (χ0v) is 13.3. The number of hydrogen-bond donors (Lipinski definition) is 1. The summed E-state index contributed by atoms with van der Waals surface area (Å²) in [5.41, 5.74) is 1.04. The van der Waals surface area contributed by atoms with Crippen LogP contribution >= 0.6 is 11.8 Å². The molecule has 1 aliphatic rings. The number of hydrogen-bond acceptors (Lipinski definition) is 5. The molecule has 0 bridgehead atoms. The monoisotopic (exact) mass is 365 g/mol. The molecule has 0 unspecified atom stereocenters. The smallest absolute Gasteiger partial charge is 0.406 e. The molecule has 0 radical (unpaired) electrons. The fourth-order valence-electron chi connectivity index (χ4n) is 2.00. The molecule has 9 heteroatoms. The fraction of sp³-hybridized carbons (Fsp3) is 0.0625. The molecule has 1 amide bonds. The summed E-state index contributed by atoms with van der Waals surface area (Å²) < 4.78 is 40.8. The van der Waals surface area contributed by atoms with Crippen molar-refractivity contribution in [1.82, 2.24) is 10.3 Å². The predicted octanol–water partition coefficient (Wildman–Crippen LogP) is 4.51. The number of thioether (sulfide) groups is 1. The van der Waals surface area contributed by atoms with Gasteiger partial charge in [-0.2, -0.15) is 0 Å². The minimum atomic E-state index is -4.78. The number of nitrogens with one attached hydrogen (secondary N) is 1. The van der Waals surface area contributed by atoms with E-state index in [9.17, 15) is 18.0 Å². The van der Waals surface area contributed by atoms with Crippen LogP contribution in [0.2, 0.25) is 0 Å². The van der Waals surface area contributed by atoms with E-state index in [1.54, 1.807) is 30.6 Å².